The van der Waals surface area contributed by atoms with Gasteiger partial charge in [-0.3, -0.25) is 4.68 Å². The lowest BCUT2D eigenvalue weighted by molar-refractivity contribution is 0.278. The SMILES string of the molecule is CCC(C)(C)C(N)c1cnn(C)c1. The Morgan fingerprint density at radius 1 is 1.62 bits per heavy atom. The van der Waals surface area contributed by atoms with Gasteiger partial charge >= 0.3 is 0 Å². The maximum atomic E-state index is 6.14. The molecule has 0 fully saturated rings. The van der Waals surface area contributed by atoms with Crippen LogP contribution >= 0.6 is 0 Å². The lowest BCUT2D eigenvalue weighted by Crippen LogP contribution is -2.28. The summed E-state index contributed by atoms with van der Waals surface area (Å²) in [4.78, 5) is 0. The zero-order chi connectivity index (χ0) is 10.1. The first-order valence-corrected chi connectivity index (χ1v) is 4.71. The van der Waals surface area contributed by atoms with Gasteiger partial charge in [-0.15, -0.1) is 0 Å². The van der Waals surface area contributed by atoms with Gasteiger partial charge in [0.2, 0.25) is 0 Å². The lowest BCUT2D eigenvalue weighted by atomic mass is 9.80. The molecule has 0 amide bonds. The van der Waals surface area contributed by atoms with Crippen molar-refractivity contribution in [3.8, 4) is 0 Å². The molecule has 0 aliphatic carbocycles. The van der Waals surface area contributed by atoms with Crippen LogP contribution in [0.5, 0.6) is 0 Å². The zero-order valence-electron chi connectivity index (χ0n) is 8.91. The fraction of sp³-hybridized carbons (Fsp3) is 0.700. The average Bonchev–Trinajstić information content (AvgIpc) is 2.50. The van der Waals surface area contributed by atoms with Crippen LogP contribution in [0.3, 0.4) is 0 Å². The molecule has 3 heteroatoms. The maximum absolute atomic E-state index is 6.14. The van der Waals surface area contributed by atoms with E-state index in [-0.39, 0.29) is 11.5 Å². The fourth-order valence-electron chi connectivity index (χ4n) is 1.27. The molecular weight excluding hydrogens is 162 g/mol. The number of aromatic nitrogens is 2. The van der Waals surface area contributed by atoms with Crippen molar-refractivity contribution in [2.75, 3.05) is 0 Å². The van der Waals surface area contributed by atoms with E-state index in [9.17, 15) is 0 Å². The summed E-state index contributed by atoms with van der Waals surface area (Å²) < 4.78 is 1.79. The molecule has 0 spiro atoms. The number of hydrogen-bond acceptors (Lipinski definition) is 2. The van der Waals surface area contributed by atoms with E-state index >= 15 is 0 Å². The third-order valence-electron chi connectivity index (χ3n) is 2.84. The van der Waals surface area contributed by atoms with E-state index < -0.39 is 0 Å². The summed E-state index contributed by atoms with van der Waals surface area (Å²) in [6.07, 6.45) is 4.91. The third-order valence-corrected chi connectivity index (χ3v) is 2.84. The lowest BCUT2D eigenvalue weighted by Gasteiger charge is -2.29. The van der Waals surface area contributed by atoms with E-state index in [1.807, 2.05) is 19.4 Å². The van der Waals surface area contributed by atoms with Crippen molar-refractivity contribution in [3.63, 3.8) is 0 Å². The zero-order valence-corrected chi connectivity index (χ0v) is 8.91. The summed E-state index contributed by atoms with van der Waals surface area (Å²) in [5.41, 5.74) is 7.40. The van der Waals surface area contributed by atoms with E-state index in [2.05, 4.69) is 25.9 Å². The predicted molar refractivity (Wildman–Crippen MR) is 54.2 cm³/mol. The van der Waals surface area contributed by atoms with Gasteiger partial charge in [0, 0.05) is 24.8 Å². The highest BCUT2D eigenvalue weighted by atomic mass is 15.2. The van der Waals surface area contributed by atoms with E-state index in [1.54, 1.807) is 4.68 Å². The van der Waals surface area contributed by atoms with Crippen molar-refractivity contribution in [3.05, 3.63) is 18.0 Å². The van der Waals surface area contributed by atoms with Crippen molar-refractivity contribution in [1.82, 2.24) is 9.78 Å². The Balaban J connectivity index is 2.84. The van der Waals surface area contributed by atoms with E-state index in [1.165, 1.54) is 0 Å². The molecule has 0 saturated heterocycles. The summed E-state index contributed by atoms with van der Waals surface area (Å²) >= 11 is 0. The van der Waals surface area contributed by atoms with Crippen LogP contribution in [0.1, 0.15) is 38.8 Å². The normalized spacial score (nSPS) is 14.5. The van der Waals surface area contributed by atoms with Gasteiger partial charge in [0.1, 0.15) is 0 Å². The molecule has 0 radical (unpaired) electrons. The number of rotatable bonds is 3. The molecular formula is C10H19N3. The Morgan fingerprint density at radius 2 is 2.23 bits per heavy atom. The van der Waals surface area contributed by atoms with Gasteiger partial charge in [-0.2, -0.15) is 5.10 Å². The molecule has 1 aromatic rings. The van der Waals surface area contributed by atoms with Crippen LogP contribution in [0.15, 0.2) is 12.4 Å². The van der Waals surface area contributed by atoms with Crippen LogP contribution in [0, 0.1) is 5.41 Å². The predicted octanol–water partition coefficient (Wildman–Crippen LogP) is 1.86. The second kappa shape index (κ2) is 3.50. The van der Waals surface area contributed by atoms with Crippen molar-refractivity contribution in [2.24, 2.45) is 18.2 Å². The molecule has 74 valence electrons. The highest BCUT2D eigenvalue weighted by Gasteiger charge is 2.26. The molecule has 1 atom stereocenters. The third kappa shape index (κ3) is 2.10. The van der Waals surface area contributed by atoms with Gasteiger partial charge in [-0.25, -0.2) is 0 Å². The quantitative estimate of drug-likeness (QED) is 0.773. The summed E-state index contributed by atoms with van der Waals surface area (Å²) in [5.74, 6) is 0. The smallest absolute Gasteiger partial charge is 0.0537 e. The fourth-order valence-corrected chi connectivity index (χ4v) is 1.27. The van der Waals surface area contributed by atoms with Gasteiger partial charge < -0.3 is 5.73 Å². The summed E-state index contributed by atoms with van der Waals surface area (Å²) in [6.45, 7) is 6.53. The number of hydrogen-bond donors (Lipinski definition) is 1. The molecule has 13 heavy (non-hydrogen) atoms. The molecule has 0 aromatic carbocycles. The van der Waals surface area contributed by atoms with Crippen LogP contribution in [0.25, 0.3) is 0 Å². The molecule has 1 rings (SSSR count). The molecule has 0 saturated carbocycles. The first-order chi connectivity index (χ1) is 5.97. The number of nitrogens with zero attached hydrogens (tertiary/aromatic N) is 2. The standard InChI is InChI=1S/C10H19N3/c1-5-10(2,3)9(11)8-6-12-13(4)7-8/h6-7,9H,5,11H2,1-4H3. The Kier molecular flexibility index (Phi) is 2.76. The summed E-state index contributed by atoms with van der Waals surface area (Å²) in [6, 6.07) is 0.0752. The second-order valence-electron chi connectivity index (χ2n) is 4.27. The molecule has 2 N–H and O–H groups in total. The van der Waals surface area contributed by atoms with Gasteiger partial charge in [0.05, 0.1) is 6.20 Å². The molecule has 3 nitrogen and oxygen atoms in total. The highest BCUT2D eigenvalue weighted by molar-refractivity contribution is 5.12. The van der Waals surface area contributed by atoms with Gasteiger partial charge in [-0.05, 0) is 11.8 Å². The Hall–Kier alpha value is -0.830. The van der Waals surface area contributed by atoms with Gasteiger partial charge in [-0.1, -0.05) is 20.8 Å². The topological polar surface area (TPSA) is 43.8 Å². The molecule has 1 aromatic heterocycles. The molecule has 1 heterocycles. The Bertz CT molecular complexity index is 275. The summed E-state index contributed by atoms with van der Waals surface area (Å²) in [5, 5.41) is 4.12. The first-order valence-electron chi connectivity index (χ1n) is 4.71. The maximum Gasteiger partial charge on any atom is 0.0537 e. The Labute approximate surface area is 79.9 Å². The van der Waals surface area contributed by atoms with Crippen LogP contribution in [-0.2, 0) is 7.05 Å². The highest BCUT2D eigenvalue weighted by Crippen LogP contribution is 2.33. The number of nitrogens with two attached hydrogens (primary N) is 1. The van der Waals surface area contributed by atoms with Crippen LogP contribution < -0.4 is 5.73 Å². The Morgan fingerprint density at radius 3 is 2.62 bits per heavy atom. The van der Waals surface area contributed by atoms with Crippen LogP contribution in [0.4, 0.5) is 0 Å². The first kappa shape index (κ1) is 10.3. The van der Waals surface area contributed by atoms with Gasteiger partial charge in [0.25, 0.3) is 0 Å². The van der Waals surface area contributed by atoms with Crippen molar-refractivity contribution in [1.29, 1.82) is 0 Å². The minimum Gasteiger partial charge on any atom is -0.323 e. The largest absolute Gasteiger partial charge is 0.323 e. The van der Waals surface area contributed by atoms with Crippen LogP contribution in [0.2, 0.25) is 0 Å². The van der Waals surface area contributed by atoms with Crippen molar-refractivity contribution in [2.45, 2.75) is 33.2 Å². The monoisotopic (exact) mass is 181 g/mol. The van der Waals surface area contributed by atoms with Crippen LogP contribution in [-0.4, -0.2) is 9.78 Å². The molecule has 0 aliphatic heterocycles. The molecule has 0 bridgehead atoms. The minimum atomic E-state index is 0.0752. The summed E-state index contributed by atoms with van der Waals surface area (Å²) in [7, 11) is 1.91. The second-order valence-corrected chi connectivity index (χ2v) is 4.27. The molecule has 1 unspecified atom stereocenters. The van der Waals surface area contributed by atoms with Crippen molar-refractivity contribution < 1.29 is 0 Å². The number of aryl methyl sites for hydroxylation is 1. The van der Waals surface area contributed by atoms with E-state index in [0.29, 0.717) is 0 Å². The minimum absolute atomic E-state index is 0.0752. The van der Waals surface area contributed by atoms with Crippen molar-refractivity contribution >= 4 is 0 Å². The van der Waals surface area contributed by atoms with E-state index in [0.717, 1.165) is 12.0 Å². The molecule has 0 aliphatic rings. The van der Waals surface area contributed by atoms with E-state index in [4.69, 9.17) is 5.73 Å². The average molecular weight is 181 g/mol. The van der Waals surface area contributed by atoms with Gasteiger partial charge in [0.15, 0.2) is 0 Å².